The van der Waals surface area contributed by atoms with Crippen LogP contribution in [0.15, 0.2) is 0 Å². The number of carbonyl (C=O) groups excluding carboxylic acids is 2. The highest BCUT2D eigenvalue weighted by molar-refractivity contribution is 5.70. The van der Waals surface area contributed by atoms with Crippen LogP contribution in [0.4, 0.5) is 9.18 Å². The van der Waals surface area contributed by atoms with Crippen LogP contribution in [0.1, 0.15) is 19.8 Å². The van der Waals surface area contributed by atoms with Gasteiger partial charge in [0.25, 0.3) is 0 Å². The van der Waals surface area contributed by atoms with Gasteiger partial charge in [-0.05, 0) is 13.3 Å². The lowest BCUT2D eigenvalue weighted by atomic mass is 10.3. The molecule has 0 unspecified atom stereocenters. The molecule has 0 aliphatic rings. The number of ether oxygens (including phenoxy) is 2. The van der Waals surface area contributed by atoms with E-state index in [1.165, 1.54) is 0 Å². The van der Waals surface area contributed by atoms with Crippen LogP contribution in [0.3, 0.4) is 0 Å². The van der Waals surface area contributed by atoms with Gasteiger partial charge >= 0.3 is 12.1 Å². The topological polar surface area (TPSA) is 64.6 Å². The van der Waals surface area contributed by atoms with Gasteiger partial charge in [0, 0.05) is 6.42 Å². The molecule has 6 heteroatoms. The maximum absolute atomic E-state index is 12.1. The summed E-state index contributed by atoms with van der Waals surface area (Å²) in [6.07, 6.45) is -1.29. The molecule has 0 rings (SSSR count). The number of nitrogens with one attached hydrogen (secondary N) is 1. The van der Waals surface area contributed by atoms with E-state index in [9.17, 15) is 14.0 Å². The lowest BCUT2D eigenvalue weighted by Crippen LogP contribution is -2.30. The van der Waals surface area contributed by atoms with Crippen molar-refractivity contribution in [2.75, 3.05) is 13.3 Å². The zero-order valence-corrected chi connectivity index (χ0v) is 8.62. The fourth-order valence-corrected chi connectivity index (χ4v) is 0.670. The van der Waals surface area contributed by atoms with Gasteiger partial charge in [-0.1, -0.05) is 6.92 Å². The third-order valence-electron chi connectivity index (χ3n) is 1.33. The highest BCUT2D eigenvalue weighted by Crippen LogP contribution is 1.91. The summed E-state index contributed by atoms with van der Waals surface area (Å²) in [5.41, 5.74) is 0. The number of hydrogen-bond donors (Lipinski definition) is 1. The normalized spacial score (nSPS) is 11.7. The minimum Gasteiger partial charge on any atom is -0.428 e. The zero-order valence-electron chi connectivity index (χ0n) is 8.62. The predicted octanol–water partition coefficient (Wildman–Crippen LogP) is 1.19. The average molecular weight is 220 g/mol. The number of amides is 1. The van der Waals surface area contributed by atoms with Crippen LogP contribution < -0.4 is 5.32 Å². The Kier molecular flexibility index (Phi) is 7.31. The first-order chi connectivity index (χ1) is 7.06. The number of carbonyl (C=O) groups is 2. The Morgan fingerprint density at radius 1 is 1.47 bits per heavy atom. The van der Waals surface area contributed by atoms with Crippen LogP contribution in [-0.2, 0) is 14.3 Å². The van der Waals surface area contributed by atoms with Gasteiger partial charge in [-0.3, -0.25) is 4.79 Å². The molecule has 0 aliphatic carbocycles. The first-order valence-electron chi connectivity index (χ1n) is 4.59. The number of alkyl halides is 1. The molecular formula is C9H15FNO4. The predicted molar refractivity (Wildman–Crippen MR) is 50.6 cm³/mol. The van der Waals surface area contributed by atoms with E-state index >= 15 is 0 Å². The fourth-order valence-electron chi connectivity index (χ4n) is 0.670. The van der Waals surface area contributed by atoms with Crippen LogP contribution in [-0.4, -0.2) is 31.6 Å². The van der Waals surface area contributed by atoms with E-state index in [4.69, 9.17) is 0 Å². The molecule has 0 aromatic carbocycles. The molecular weight excluding hydrogens is 205 g/mol. The smallest absolute Gasteiger partial charge is 0.410 e. The Labute approximate surface area is 87.9 Å². The second-order valence-corrected chi connectivity index (χ2v) is 2.79. The van der Waals surface area contributed by atoms with Crippen LogP contribution in [0.25, 0.3) is 0 Å². The van der Waals surface area contributed by atoms with Gasteiger partial charge in [0.05, 0.1) is 6.54 Å². The van der Waals surface area contributed by atoms with Gasteiger partial charge < -0.3 is 14.8 Å². The number of rotatable bonds is 6. The van der Waals surface area contributed by atoms with Crippen LogP contribution in [0.2, 0.25) is 0 Å². The van der Waals surface area contributed by atoms with Crippen molar-refractivity contribution in [3.05, 3.63) is 6.92 Å². The summed E-state index contributed by atoms with van der Waals surface area (Å²) >= 11 is 0. The Morgan fingerprint density at radius 2 is 2.13 bits per heavy atom. The summed E-state index contributed by atoms with van der Waals surface area (Å²) in [5, 5.41) is 2.10. The summed E-state index contributed by atoms with van der Waals surface area (Å²) in [5.74, 6) is -0.439. The van der Waals surface area contributed by atoms with Crippen molar-refractivity contribution < 1.29 is 23.5 Å². The highest BCUT2D eigenvalue weighted by atomic mass is 19.1. The van der Waals surface area contributed by atoms with E-state index in [1.807, 2.05) is 6.92 Å². The lowest BCUT2D eigenvalue weighted by Gasteiger charge is -2.07. The largest absolute Gasteiger partial charge is 0.428 e. The summed E-state index contributed by atoms with van der Waals surface area (Å²) in [6, 6.07) is 0. The van der Waals surface area contributed by atoms with E-state index in [2.05, 4.69) is 21.7 Å². The van der Waals surface area contributed by atoms with Gasteiger partial charge in [-0.15, -0.1) is 0 Å². The van der Waals surface area contributed by atoms with Crippen molar-refractivity contribution in [3.63, 3.8) is 0 Å². The van der Waals surface area contributed by atoms with Gasteiger partial charge in [0.1, 0.15) is 6.17 Å². The molecule has 0 heterocycles. The number of halogens is 1. The number of alkyl carbamates (subject to hydrolysis) is 1. The molecule has 1 atom stereocenters. The fraction of sp³-hybridized carbons (Fsp3) is 0.667. The molecule has 1 N–H and O–H groups in total. The molecule has 1 radical (unpaired) electrons. The Bertz CT molecular complexity index is 208. The summed E-state index contributed by atoms with van der Waals surface area (Å²) in [7, 11) is 0. The van der Waals surface area contributed by atoms with Gasteiger partial charge in [0.2, 0.25) is 6.79 Å². The third-order valence-corrected chi connectivity index (χ3v) is 1.33. The van der Waals surface area contributed by atoms with E-state index in [-0.39, 0.29) is 13.0 Å². The quantitative estimate of drug-likeness (QED) is 0.539. The first kappa shape index (κ1) is 13.7. The second-order valence-electron chi connectivity index (χ2n) is 2.79. The van der Waals surface area contributed by atoms with Crippen molar-refractivity contribution in [2.45, 2.75) is 25.9 Å². The summed E-state index contributed by atoms with van der Waals surface area (Å²) in [6.45, 7) is 4.15. The molecule has 0 saturated heterocycles. The van der Waals surface area contributed by atoms with E-state index in [0.717, 1.165) is 0 Å². The maximum atomic E-state index is 12.1. The summed E-state index contributed by atoms with van der Waals surface area (Å²) < 4.78 is 21.1. The maximum Gasteiger partial charge on any atom is 0.410 e. The van der Waals surface area contributed by atoms with E-state index < -0.39 is 25.0 Å². The Balaban J connectivity index is 3.42. The van der Waals surface area contributed by atoms with Crippen LogP contribution in [0.5, 0.6) is 0 Å². The third kappa shape index (κ3) is 8.99. The summed E-state index contributed by atoms with van der Waals surface area (Å²) in [4.78, 5) is 21.6. The van der Waals surface area contributed by atoms with Gasteiger partial charge in [0.15, 0.2) is 0 Å². The van der Waals surface area contributed by atoms with E-state index in [1.54, 1.807) is 0 Å². The van der Waals surface area contributed by atoms with Gasteiger partial charge in [-0.2, -0.15) is 0 Å². The Morgan fingerprint density at radius 3 is 2.67 bits per heavy atom. The van der Waals surface area contributed by atoms with Crippen molar-refractivity contribution in [3.8, 4) is 0 Å². The van der Waals surface area contributed by atoms with Gasteiger partial charge in [-0.25, -0.2) is 9.18 Å². The monoisotopic (exact) mass is 220 g/mol. The molecule has 87 valence electrons. The van der Waals surface area contributed by atoms with E-state index in [0.29, 0.717) is 6.42 Å². The van der Waals surface area contributed by atoms with Crippen molar-refractivity contribution in [1.82, 2.24) is 5.32 Å². The standard InChI is InChI=1S/C9H15FNO4/c1-3-4-8(12)14-6-15-9(13)11-5-7(2)10/h7H,2-6H2,1H3,(H,11,13)/t7-/m0/s1. The number of esters is 1. The number of hydrogen-bond acceptors (Lipinski definition) is 4. The SMILES string of the molecule is [CH2][C@H](F)CNC(=O)OCOC(=O)CCC. The molecule has 1 amide bonds. The molecule has 0 aromatic heterocycles. The lowest BCUT2D eigenvalue weighted by molar-refractivity contribution is -0.151. The molecule has 15 heavy (non-hydrogen) atoms. The Hall–Kier alpha value is -1.33. The molecule has 0 aromatic rings. The second kappa shape index (κ2) is 8.02. The molecule has 0 saturated carbocycles. The van der Waals surface area contributed by atoms with Crippen LogP contribution >= 0.6 is 0 Å². The van der Waals surface area contributed by atoms with Crippen molar-refractivity contribution >= 4 is 12.1 Å². The minimum absolute atomic E-state index is 0.234. The van der Waals surface area contributed by atoms with Crippen LogP contribution in [0, 0.1) is 6.92 Å². The van der Waals surface area contributed by atoms with Crippen molar-refractivity contribution in [2.24, 2.45) is 0 Å². The molecule has 0 aliphatic heterocycles. The molecule has 0 bridgehead atoms. The molecule has 5 nitrogen and oxygen atoms in total. The molecule has 0 fully saturated rings. The first-order valence-corrected chi connectivity index (χ1v) is 4.59. The zero-order chi connectivity index (χ0) is 11.7. The average Bonchev–Trinajstić information content (AvgIpc) is 2.15. The molecule has 0 spiro atoms. The minimum atomic E-state index is -1.39. The van der Waals surface area contributed by atoms with Crippen molar-refractivity contribution in [1.29, 1.82) is 0 Å². The highest BCUT2D eigenvalue weighted by Gasteiger charge is 2.06.